The van der Waals surface area contributed by atoms with Gasteiger partial charge in [-0.15, -0.1) is 0 Å². The normalized spacial score (nSPS) is 17.6. The van der Waals surface area contributed by atoms with Gasteiger partial charge in [0.2, 0.25) is 0 Å². The molecule has 2 aliphatic rings. The second-order valence-corrected chi connectivity index (χ2v) is 11.4. The van der Waals surface area contributed by atoms with Gasteiger partial charge in [0, 0.05) is 43.3 Å². The van der Waals surface area contributed by atoms with Gasteiger partial charge in [-0.05, 0) is 79.6 Å². The van der Waals surface area contributed by atoms with Crippen LogP contribution in [0.25, 0.3) is 22.2 Å². The van der Waals surface area contributed by atoms with Crippen molar-refractivity contribution in [3.8, 4) is 17.0 Å². The number of piperidine rings is 1. The Hall–Kier alpha value is -3.68. The fourth-order valence-electron chi connectivity index (χ4n) is 6.38. The third kappa shape index (κ3) is 6.47. The van der Waals surface area contributed by atoms with Crippen LogP contribution >= 0.6 is 0 Å². The molecular weight excluding hydrogens is 512 g/mol. The van der Waals surface area contributed by atoms with Crippen molar-refractivity contribution in [3.63, 3.8) is 0 Å². The number of nitrogens with zero attached hydrogens (tertiary/aromatic N) is 2. The molecule has 1 aromatic heterocycles. The largest absolute Gasteiger partial charge is 0.490 e. The highest BCUT2D eigenvalue weighted by Crippen LogP contribution is 2.36. The second kappa shape index (κ2) is 12.9. The third-order valence-corrected chi connectivity index (χ3v) is 8.72. The average Bonchev–Trinajstić information content (AvgIpc) is 3.71. The molecule has 4 aromatic rings. The van der Waals surface area contributed by atoms with Crippen LogP contribution in [0.1, 0.15) is 60.5 Å². The van der Waals surface area contributed by atoms with E-state index in [9.17, 15) is 4.79 Å². The molecule has 3 aromatic carbocycles. The van der Waals surface area contributed by atoms with Crippen LogP contribution in [0.4, 0.5) is 0 Å². The van der Waals surface area contributed by atoms with Crippen molar-refractivity contribution < 1.29 is 14.3 Å². The van der Waals surface area contributed by atoms with E-state index in [0.717, 1.165) is 79.8 Å². The molecule has 214 valence electrons. The Balaban J connectivity index is 1.15. The highest BCUT2D eigenvalue weighted by atomic mass is 16.5. The molecule has 1 aliphatic heterocycles. The van der Waals surface area contributed by atoms with Crippen LogP contribution in [-0.4, -0.2) is 60.5 Å². The van der Waals surface area contributed by atoms with Gasteiger partial charge in [-0.25, -0.2) is 0 Å². The molecule has 0 radical (unpaired) electrons. The molecule has 41 heavy (non-hydrogen) atoms. The van der Waals surface area contributed by atoms with Crippen LogP contribution in [0.2, 0.25) is 0 Å². The Morgan fingerprint density at radius 1 is 1.00 bits per heavy atom. The summed E-state index contributed by atoms with van der Waals surface area (Å²) in [6, 6.07) is 24.3. The number of hydrogen-bond donors (Lipinski definition) is 2. The smallest absolute Gasteiger partial charge is 0.251 e. The van der Waals surface area contributed by atoms with Crippen LogP contribution in [0.5, 0.6) is 5.75 Å². The predicted octanol–water partition coefficient (Wildman–Crippen LogP) is 6.38. The number of nitrogens with one attached hydrogen (secondary N) is 2. The molecule has 1 aliphatic carbocycles. The lowest BCUT2D eigenvalue weighted by Gasteiger charge is -2.31. The number of likely N-dealkylation sites (tertiary alicyclic amines) is 1. The quantitative estimate of drug-likeness (QED) is 0.239. The lowest BCUT2D eigenvalue weighted by molar-refractivity contribution is 0.0797. The Labute approximate surface area is 242 Å². The number of benzene rings is 3. The molecule has 1 unspecified atom stereocenters. The van der Waals surface area contributed by atoms with E-state index in [1.54, 1.807) is 7.11 Å². The van der Waals surface area contributed by atoms with Crippen molar-refractivity contribution >= 4 is 16.8 Å². The number of carbonyl (C=O) groups is 1. The highest BCUT2D eigenvalue weighted by Gasteiger charge is 2.28. The second-order valence-electron chi connectivity index (χ2n) is 11.4. The van der Waals surface area contributed by atoms with E-state index in [0.29, 0.717) is 11.5 Å². The summed E-state index contributed by atoms with van der Waals surface area (Å²) < 4.78 is 11.5. The number of aromatic nitrogens is 2. The topological polar surface area (TPSA) is 79.5 Å². The molecule has 1 atom stereocenters. The minimum Gasteiger partial charge on any atom is -0.490 e. The Kier molecular flexibility index (Phi) is 8.63. The molecule has 2 fully saturated rings. The fraction of sp³-hybridized carbons (Fsp3) is 0.412. The first-order valence-electron chi connectivity index (χ1n) is 15.0. The summed E-state index contributed by atoms with van der Waals surface area (Å²) in [6.45, 7) is 3.82. The van der Waals surface area contributed by atoms with E-state index in [-0.39, 0.29) is 18.1 Å². The summed E-state index contributed by atoms with van der Waals surface area (Å²) in [5.41, 5.74) is 4.56. The maximum atomic E-state index is 13.5. The van der Waals surface area contributed by atoms with Gasteiger partial charge in [-0.3, -0.25) is 9.89 Å². The monoisotopic (exact) mass is 552 g/mol. The first-order valence-corrected chi connectivity index (χ1v) is 15.0. The molecule has 0 bridgehead atoms. The van der Waals surface area contributed by atoms with E-state index >= 15 is 0 Å². The number of ether oxygens (including phenoxy) is 2. The predicted molar refractivity (Wildman–Crippen MR) is 162 cm³/mol. The number of aromatic amines is 1. The van der Waals surface area contributed by atoms with Crippen molar-refractivity contribution in [3.05, 3.63) is 83.9 Å². The van der Waals surface area contributed by atoms with Crippen LogP contribution in [0.3, 0.4) is 0 Å². The average molecular weight is 553 g/mol. The maximum Gasteiger partial charge on any atom is 0.251 e. The number of rotatable bonds is 10. The lowest BCUT2D eigenvalue weighted by Crippen LogP contribution is -2.39. The van der Waals surface area contributed by atoms with Crippen molar-refractivity contribution in [2.45, 2.75) is 50.7 Å². The standard InChI is InChI=1S/C34H40N4O3/c1-40-22-21-38-19-17-29(18-20-38)41-28-14-11-26(12-15-28)33-30-23-27(13-16-31(30)36-37-33)34(39)35-32(25-9-5-6-10-25)24-7-3-2-4-8-24/h2-4,7-8,11-16,23,25,29,32H,5-6,9-10,17-22H2,1H3,(H,35,39)(H,36,37). The van der Waals surface area contributed by atoms with Crippen molar-refractivity contribution in [1.29, 1.82) is 0 Å². The van der Waals surface area contributed by atoms with Gasteiger partial charge in [0.05, 0.1) is 23.9 Å². The fourth-order valence-corrected chi connectivity index (χ4v) is 6.38. The summed E-state index contributed by atoms with van der Waals surface area (Å²) in [5, 5.41) is 12.0. The van der Waals surface area contributed by atoms with E-state index < -0.39 is 0 Å². The summed E-state index contributed by atoms with van der Waals surface area (Å²) in [5.74, 6) is 1.30. The Morgan fingerprint density at radius 3 is 2.49 bits per heavy atom. The molecule has 1 amide bonds. The number of hydrogen-bond acceptors (Lipinski definition) is 5. The Bertz CT molecular complexity index is 1420. The number of methoxy groups -OCH3 is 1. The number of fused-ring (bicyclic) bond motifs is 1. The van der Waals surface area contributed by atoms with Crippen molar-refractivity contribution in [2.75, 3.05) is 33.4 Å². The number of amides is 1. The molecule has 7 heteroatoms. The van der Waals surface area contributed by atoms with Gasteiger partial charge >= 0.3 is 0 Å². The van der Waals surface area contributed by atoms with E-state index in [4.69, 9.17) is 9.47 Å². The zero-order valence-corrected chi connectivity index (χ0v) is 23.9. The molecule has 1 saturated heterocycles. The zero-order chi connectivity index (χ0) is 28.0. The molecular formula is C34H40N4O3. The van der Waals surface area contributed by atoms with Gasteiger partial charge < -0.3 is 19.7 Å². The highest BCUT2D eigenvalue weighted by molar-refractivity contribution is 6.01. The lowest BCUT2D eigenvalue weighted by atomic mass is 9.91. The van der Waals surface area contributed by atoms with Crippen molar-refractivity contribution in [2.24, 2.45) is 5.92 Å². The summed E-state index contributed by atoms with van der Waals surface area (Å²) in [7, 11) is 1.75. The Morgan fingerprint density at radius 2 is 1.76 bits per heavy atom. The molecule has 2 N–H and O–H groups in total. The van der Waals surface area contributed by atoms with Crippen molar-refractivity contribution in [1.82, 2.24) is 20.4 Å². The zero-order valence-electron chi connectivity index (χ0n) is 23.9. The van der Waals surface area contributed by atoms with Gasteiger partial charge in [0.15, 0.2) is 0 Å². The van der Waals surface area contributed by atoms with Gasteiger partial charge in [-0.2, -0.15) is 5.10 Å². The summed E-state index contributed by atoms with van der Waals surface area (Å²) in [6.07, 6.45) is 7.03. The van der Waals surface area contributed by atoms with E-state index in [1.807, 2.05) is 36.4 Å². The molecule has 6 rings (SSSR count). The minimum absolute atomic E-state index is 0.0239. The summed E-state index contributed by atoms with van der Waals surface area (Å²) in [4.78, 5) is 16.0. The molecule has 7 nitrogen and oxygen atoms in total. The minimum atomic E-state index is -0.0446. The first-order chi connectivity index (χ1) is 20.2. The number of H-pyrrole nitrogens is 1. The molecule has 2 heterocycles. The van der Waals surface area contributed by atoms with Crippen LogP contribution in [0, 0.1) is 5.92 Å². The number of carbonyl (C=O) groups excluding carboxylic acids is 1. The summed E-state index contributed by atoms with van der Waals surface area (Å²) >= 11 is 0. The van der Waals surface area contributed by atoms with Crippen LogP contribution in [-0.2, 0) is 4.74 Å². The molecule has 0 spiro atoms. The van der Waals surface area contributed by atoms with Gasteiger partial charge in [0.1, 0.15) is 11.9 Å². The SMILES string of the molecule is COCCN1CCC(Oc2ccc(-c3n[nH]c4ccc(C(=O)NC(c5ccccc5)C5CCCC5)cc34)cc2)CC1. The van der Waals surface area contributed by atoms with Crippen LogP contribution < -0.4 is 10.1 Å². The van der Waals surface area contributed by atoms with E-state index in [2.05, 4.69) is 56.8 Å². The van der Waals surface area contributed by atoms with E-state index in [1.165, 1.54) is 18.4 Å². The van der Waals surface area contributed by atoms with Crippen LogP contribution in [0.15, 0.2) is 72.8 Å². The maximum absolute atomic E-state index is 13.5. The van der Waals surface area contributed by atoms with Gasteiger partial charge in [-0.1, -0.05) is 43.2 Å². The molecule has 1 saturated carbocycles. The van der Waals surface area contributed by atoms with Gasteiger partial charge in [0.25, 0.3) is 5.91 Å². The third-order valence-electron chi connectivity index (χ3n) is 8.72. The first kappa shape index (κ1) is 27.5.